The zero-order valence-corrected chi connectivity index (χ0v) is 14.1. The van der Waals surface area contributed by atoms with Crippen LogP contribution >= 0.6 is 11.6 Å². The molecule has 1 aromatic carbocycles. The van der Waals surface area contributed by atoms with E-state index in [-0.39, 0.29) is 5.70 Å². The molecule has 23 heavy (non-hydrogen) atoms. The third kappa shape index (κ3) is 3.69. The number of ketones is 1. The highest BCUT2D eigenvalue weighted by Crippen LogP contribution is 2.28. The minimum atomic E-state index is -1.01. The second kappa shape index (κ2) is 6.80. The molecule has 0 radical (unpaired) electrons. The third-order valence-corrected chi connectivity index (χ3v) is 3.83. The second-order valence-corrected chi connectivity index (χ2v) is 5.85. The molecular weight excluding hydrogens is 310 g/mol. The normalized spacial score (nSPS) is 15.2. The topological polar surface area (TPSA) is 37.4 Å². The van der Waals surface area contributed by atoms with Crippen LogP contribution in [0.25, 0.3) is 5.57 Å². The molecule has 1 heterocycles. The minimum absolute atomic E-state index is 0.225. The highest BCUT2D eigenvalue weighted by molar-refractivity contribution is 6.83. The molecule has 0 aliphatic carbocycles. The van der Waals surface area contributed by atoms with Crippen LogP contribution in [0.4, 0.5) is 0 Å². The molecule has 0 saturated carbocycles. The van der Waals surface area contributed by atoms with Gasteiger partial charge in [-0.25, -0.2) is 0 Å². The molecule has 0 spiro atoms. The molecule has 1 aromatic rings. The van der Waals surface area contributed by atoms with Crippen molar-refractivity contribution in [3.05, 3.63) is 77.3 Å². The molecule has 118 valence electrons. The van der Waals surface area contributed by atoms with Gasteiger partial charge in [-0.15, -0.1) is 0 Å². The summed E-state index contributed by atoms with van der Waals surface area (Å²) in [5.74, 6) is -0.745. The zero-order valence-electron chi connectivity index (χ0n) is 13.4. The van der Waals surface area contributed by atoms with Gasteiger partial charge in [0.05, 0.1) is 0 Å². The number of carbonyl (C=O) groups excluding carboxylic acids is 2. The fraction of sp³-hybridized carbons (Fsp3) is 0.158. The van der Waals surface area contributed by atoms with E-state index in [1.807, 2.05) is 44.2 Å². The van der Waals surface area contributed by atoms with Gasteiger partial charge in [0.2, 0.25) is 0 Å². The SMILES string of the molecule is C=C1C=CC(C)=CN1/C(C(=O)C(=O)Cl)=C(\C)c1ccc(C)cc1. The van der Waals surface area contributed by atoms with Crippen molar-refractivity contribution < 1.29 is 9.59 Å². The lowest BCUT2D eigenvalue weighted by atomic mass is 10.0. The van der Waals surface area contributed by atoms with Crippen molar-refractivity contribution in [3.63, 3.8) is 0 Å². The van der Waals surface area contributed by atoms with Gasteiger partial charge in [0.15, 0.2) is 0 Å². The highest BCUT2D eigenvalue weighted by Gasteiger charge is 2.26. The third-order valence-electron chi connectivity index (χ3n) is 3.66. The van der Waals surface area contributed by atoms with E-state index < -0.39 is 11.0 Å². The highest BCUT2D eigenvalue weighted by atomic mass is 35.5. The van der Waals surface area contributed by atoms with Crippen molar-refractivity contribution in [3.8, 4) is 0 Å². The van der Waals surface area contributed by atoms with E-state index in [1.54, 1.807) is 24.1 Å². The monoisotopic (exact) mass is 327 g/mol. The summed E-state index contributed by atoms with van der Waals surface area (Å²) in [6.07, 6.45) is 5.46. The van der Waals surface area contributed by atoms with Crippen molar-refractivity contribution in [2.75, 3.05) is 0 Å². The van der Waals surface area contributed by atoms with Crippen molar-refractivity contribution in [1.29, 1.82) is 0 Å². The molecule has 1 aliphatic heterocycles. The van der Waals surface area contributed by atoms with Gasteiger partial charge in [-0.2, -0.15) is 0 Å². The first-order valence-electron chi connectivity index (χ1n) is 7.18. The number of allylic oxidation sites excluding steroid dienone is 5. The maximum absolute atomic E-state index is 12.4. The van der Waals surface area contributed by atoms with Crippen LogP contribution in [0, 0.1) is 6.92 Å². The molecule has 0 bridgehead atoms. The number of benzene rings is 1. The Morgan fingerprint density at radius 2 is 1.70 bits per heavy atom. The smallest absolute Gasteiger partial charge is 0.294 e. The van der Waals surface area contributed by atoms with E-state index >= 15 is 0 Å². The van der Waals surface area contributed by atoms with Gasteiger partial charge in [-0.1, -0.05) is 42.5 Å². The lowest BCUT2D eigenvalue weighted by molar-refractivity contribution is -0.130. The van der Waals surface area contributed by atoms with Crippen LogP contribution in [0.2, 0.25) is 0 Å². The quantitative estimate of drug-likeness (QED) is 0.468. The van der Waals surface area contributed by atoms with Gasteiger partial charge in [-0.3, -0.25) is 9.59 Å². The first-order chi connectivity index (χ1) is 10.8. The Bertz CT molecular complexity index is 767. The van der Waals surface area contributed by atoms with Crippen LogP contribution in [-0.2, 0) is 9.59 Å². The number of Topliss-reactive ketones (excluding diaryl/α,β-unsaturated/α-hetero) is 1. The number of rotatable bonds is 4. The first-order valence-corrected chi connectivity index (χ1v) is 7.55. The Labute approximate surface area is 141 Å². The fourth-order valence-electron chi connectivity index (χ4n) is 2.34. The summed E-state index contributed by atoms with van der Waals surface area (Å²) >= 11 is 5.47. The van der Waals surface area contributed by atoms with Crippen molar-refractivity contribution in [2.45, 2.75) is 20.8 Å². The minimum Gasteiger partial charge on any atom is -0.314 e. The lowest BCUT2D eigenvalue weighted by Gasteiger charge is -2.27. The Morgan fingerprint density at radius 1 is 1.09 bits per heavy atom. The van der Waals surface area contributed by atoms with Crippen LogP contribution in [-0.4, -0.2) is 15.9 Å². The van der Waals surface area contributed by atoms with E-state index in [0.717, 1.165) is 16.7 Å². The van der Waals surface area contributed by atoms with E-state index in [2.05, 4.69) is 6.58 Å². The number of nitrogens with zero attached hydrogens (tertiary/aromatic N) is 1. The molecule has 3 nitrogen and oxygen atoms in total. The maximum atomic E-state index is 12.4. The Morgan fingerprint density at radius 3 is 2.26 bits per heavy atom. The van der Waals surface area contributed by atoms with Crippen LogP contribution in [0.1, 0.15) is 25.0 Å². The summed E-state index contributed by atoms with van der Waals surface area (Å²) in [6, 6.07) is 7.73. The molecule has 0 amide bonds. The second-order valence-electron chi connectivity index (χ2n) is 5.51. The fourth-order valence-corrected chi connectivity index (χ4v) is 2.43. The number of hydrogen-bond donors (Lipinski definition) is 0. The van der Waals surface area contributed by atoms with Crippen LogP contribution in [0.3, 0.4) is 0 Å². The number of carbonyl (C=O) groups is 2. The van der Waals surface area contributed by atoms with Crippen molar-refractivity contribution in [1.82, 2.24) is 4.90 Å². The molecule has 0 N–H and O–H groups in total. The number of halogens is 1. The molecule has 0 atom stereocenters. The maximum Gasteiger partial charge on any atom is 0.294 e. The van der Waals surface area contributed by atoms with E-state index in [0.29, 0.717) is 11.3 Å². The van der Waals surface area contributed by atoms with Crippen molar-refractivity contribution >= 4 is 28.2 Å². The number of aryl methyl sites for hydroxylation is 1. The van der Waals surface area contributed by atoms with Gasteiger partial charge < -0.3 is 4.90 Å². The Hall–Kier alpha value is -2.39. The lowest BCUT2D eigenvalue weighted by Crippen LogP contribution is -2.27. The summed E-state index contributed by atoms with van der Waals surface area (Å²) in [6.45, 7) is 9.63. The first kappa shape index (κ1) is 17.0. The Balaban J connectivity index is 2.63. The largest absolute Gasteiger partial charge is 0.314 e. The van der Waals surface area contributed by atoms with Crippen LogP contribution in [0.15, 0.2) is 66.2 Å². The average Bonchev–Trinajstić information content (AvgIpc) is 2.51. The molecule has 0 saturated heterocycles. The van der Waals surface area contributed by atoms with Crippen LogP contribution < -0.4 is 0 Å². The van der Waals surface area contributed by atoms with Gasteiger partial charge in [0.1, 0.15) is 5.70 Å². The summed E-state index contributed by atoms with van der Waals surface area (Å²) in [4.78, 5) is 25.5. The molecule has 0 aromatic heterocycles. The summed E-state index contributed by atoms with van der Waals surface area (Å²) in [7, 11) is 0. The van der Waals surface area contributed by atoms with Gasteiger partial charge in [0, 0.05) is 11.9 Å². The van der Waals surface area contributed by atoms with E-state index in [9.17, 15) is 9.59 Å². The zero-order chi connectivity index (χ0) is 17.1. The molecule has 0 unspecified atom stereocenters. The predicted octanol–water partition coefficient (Wildman–Crippen LogP) is 4.35. The Kier molecular flexibility index (Phi) is 5.02. The molecule has 1 aliphatic rings. The van der Waals surface area contributed by atoms with Gasteiger partial charge >= 0.3 is 0 Å². The van der Waals surface area contributed by atoms with Crippen LogP contribution in [0.5, 0.6) is 0 Å². The molecular formula is C19H18ClNO2. The standard InChI is InChI=1S/C19H18ClNO2/c1-12-6-9-16(10-7-12)15(4)17(18(22)19(20)23)21-11-13(2)5-8-14(21)3/h5-11H,3H2,1-2,4H3/b17-15+. The van der Waals surface area contributed by atoms with E-state index in [1.165, 1.54) is 0 Å². The predicted molar refractivity (Wildman–Crippen MR) is 93.5 cm³/mol. The molecule has 2 rings (SSSR count). The van der Waals surface area contributed by atoms with E-state index in [4.69, 9.17) is 11.6 Å². The summed E-state index contributed by atoms with van der Waals surface area (Å²) in [5, 5.41) is -1.01. The number of hydrogen-bond acceptors (Lipinski definition) is 3. The molecule has 4 heteroatoms. The summed E-state index contributed by atoms with van der Waals surface area (Å²) in [5.41, 5.74) is 4.41. The van der Waals surface area contributed by atoms with Gasteiger partial charge in [-0.05, 0) is 55.2 Å². The molecule has 0 fully saturated rings. The van der Waals surface area contributed by atoms with Gasteiger partial charge in [0.25, 0.3) is 11.0 Å². The summed E-state index contributed by atoms with van der Waals surface area (Å²) < 4.78 is 0. The average molecular weight is 328 g/mol. The van der Waals surface area contributed by atoms with Crippen molar-refractivity contribution in [2.24, 2.45) is 0 Å².